The number of nitrogens with zero attached hydrogens (tertiary/aromatic N) is 3. The highest BCUT2D eigenvalue weighted by Crippen LogP contribution is 2.19. The molecule has 1 N–H and O–H groups in total. The fraction of sp³-hybridized carbons (Fsp3) is 0.318. The Morgan fingerprint density at radius 3 is 2.46 bits per heavy atom. The third kappa shape index (κ3) is 4.39. The molecule has 1 heterocycles. The minimum atomic E-state index is 0.00990. The van der Waals surface area contributed by atoms with Gasteiger partial charge in [0.1, 0.15) is 12.4 Å². The standard InChI is InChI=1S/C22H26N4O2/c1-3-21(27)23-15-14-20-24-18-12-8-9-13-19(18)26(20)16-22(28)25(4-2)17-10-6-5-7-11-17/h5-13H,3-4,14-16H2,1-2H3,(H,23,27). The molecule has 1 aromatic heterocycles. The largest absolute Gasteiger partial charge is 0.356 e. The Kier molecular flexibility index (Phi) is 6.42. The molecule has 6 nitrogen and oxygen atoms in total. The Morgan fingerprint density at radius 2 is 1.75 bits per heavy atom. The molecule has 0 aliphatic carbocycles. The molecule has 0 saturated carbocycles. The van der Waals surface area contributed by atoms with Crippen LogP contribution in [0.5, 0.6) is 0 Å². The predicted molar refractivity (Wildman–Crippen MR) is 111 cm³/mol. The van der Waals surface area contributed by atoms with Crippen LogP contribution in [0.3, 0.4) is 0 Å². The lowest BCUT2D eigenvalue weighted by Gasteiger charge is -2.22. The van der Waals surface area contributed by atoms with E-state index in [0.29, 0.717) is 25.9 Å². The van der Waals surface area contributed by atoms with Crippen molar-refractivity contribution in [1.82, 2.24) is 14.9 Å². The summed E-state index contributed by atoms with van der Waals surface area (Å²) in [5.74, 6) is 0.825. The number of nitrogens with one attached hydrogen (secondary N) is 1. The summed E-state index contributed by atoms with van der Waals surface area (Å²) in [6.07, 6.45) is 1.03. The highest BCUT2D eigenvalue weighted by molar-refractivity contribution is 5.94. The number of imidazole rings is 1. The number of hydrogen-bond donors (Lipinski definition) is 1. The molecule has 0 fully saturated rings. The first-order chi connectivity index (χ1) is 13.6. The van der Waals surface area contributed by atoms with Gasteiger partial charge in [0.05, 0.1) is 11.0 Å². The first kappa shape index (κ1) is 19.6. The molecule has 0 atom stereocenters. The SMILES string of the molecule is CCC(=O)NCCc1nc2ccccc2n1CC(=O)N(CC)c1ccccc1. The topological polar surface area (TPSA) is 67.2 Å². The van der Waals surface area contributed by atoms with E-state index in [1.807, 2.05) is 73.0 Å². The van der Waals surface area contributed by atoms with Gasteiger partial charge in [-0.1, -0.05) is 37.3 Å². The maximum atomic E-state index is 13.1. The zero-order valence-corrected chi connectivity index (χ0v) is 16.4. The number of para-hydroxylation sites is 3. The summed E-state index contributed by atoms with van der Waals surface area (Å²) >= 11 is 0. The molecule has 0 unspecified atom stereocenters. The molecule has 3 rings (SSSR count). The number of benzene rings is 2. The Morgan fingerprint density at radius 1 is 1.04 bits per heavy atom. The van der Waals surface area contributed by atoms with Crippen molar-refractivity contribution in [1.29, 1.82) is 0 Å². The first-order valence-electron chi connectivity index (χ1n) is 9.70. The summed E-state index contributed by atoms with van der Waals surface area (Å²) in [6.45, 7) is 5.10. The number of anilines is 1. The average molecular weight is 378 g/mol. The van der Waals surface area contributed by atoms with E-state index in [0.717, 1.165) is 22.5 Å². The van der Waals surface area contributed by atoms with E-state index < -0.39 is 0 Å². The van der Waals surface area contributed by atoms with Gasteiger partial charge in [0.25, 0.3) is 0 Å². The lowest BCUT2D eigenvalue weighted by molar-refractivity contribution is -0.121. The van der Waals surface area contributed by atoms with Gasteiger partial charge in [-0.3, -0.25) is 9.59 Å². The fourth-order valence-corrected chi connectivity index (χ4v) is 3.26. The summed E-state index contributed by atoms with van der Waals surface area (Å²) in [5.41, 5.74) is 2.67. The summed E-state index contributed by atoms with van der Waals surface area (Å²) in [5, 5.41) is 2.88. The molecule has 2 aromatic carbocycles. The van der Waals surface area contributed by atoms with Gasteiger partial charge in [-0.2, -0.15) is 0 Å². The van der Waals surface area contributed by atoms with Crippen LogP contribution in [0.25, 0.3) is 11.0 Å². The van der Waals surface area contributed by atoms with E-state index >= 15 is 0 Å². The van der Waals surface area contributed by atoms with Crippen molar-refractivity contribution < 1.29 is 9.59 Å². The minimum absolute atomic E-state index is 0.00990. The van der Waals surface area contributed by atoms with Crippen molar-refractivity contribution in [2.45, 2.75) is 33.2 Å². The molecular weight excluding hydrogens is 352 g/mol. The van der Waals surface area contributed by atoms with Crippen LogP contribution in [-0.4, -0.2) is 34.5 Å². The molecule has 0 saturated heterocycles. The molecule has 3 aromatic rings. The van der Waals surface area contributed by atoms with Gasteiger partial charge < -0.3 is 14.8 Å². The minimum Gasteiger partial charge on any atom is -0.356 e. The average Bonchev–Trinajstić information content (AvgIpc) is 3.06. The van der Waals surface area contributed by atoms with E-state index in [1.54, 1.807) is 4.90 Å². The maximum absolute atomic E-state index is 13.1. The van der Waals surface area contributed by atoms with Crippen molar-refractivity contribution in [2.24, 2.45) is 0 Å². The van der Waals surface area contributed by atoms with Gasteiger partial charge in [0.15, 0.2) is 0 Å². The van der Waals surface area contributed by atoms with Crippen LogP contribution >= 0.6 is 0 Å². The van der Waals surface area contributed by atoms with Crippen molar-refractivity contribution in [3.8, 4) is 0 Å². The van der Waals surface area contributed by atoms with Gasteiger partial charge >= 0.3 is 0 Å². The molecule has 0 aliphatic rings. The summed E-state index contributed by atoms with van der Waals surface area (Å²) < 4.78 is 1.96. The number of likely N-dealkylation sites (N-methyl/N-ethyl adjacent to an activating group) is 1. The summed E-state index contributed by atoms with van der Waals surface area (Å²) in [6, 6.07) is 17.5. The van der Waals surface area contributed by atoms with Crippen LogP contribution in [0.4, 0.5) is 5.69 Å². The van der Waals surface area contributed by atoms with Crippen molar-refractivity contribution in [3.63, 3.8) is 0 Å². The Balaban J connectivity index is 1.85. The number of hydrogen-bond acceptors (Lipinski definition) is 3. The maximum Gasteiger partial charge on any atom is 0.246 e. The monoisotopic (exact) mass is 378 g/mol. The molecule has 0 aliphatic heterocycles. The number of amides is 2. The van der Waals surface area contributed by atoms with E-state index in [9.17, 15) is 9.59 Å². The molecule has 0 radical (unpaired) electrons. The van der Waals surface area contributed by atoms with Gasteiger partial charge in [-0.15, -0.1) is 0 Å². The molecule has 6 heteroatoms. The molecule has 0 bridgehead atoms. The number of carbonyl (C=O) groups is 2. The molecule has 146 valence electrons. The molecule has 2 amide bonds. The lowest BCUT2D eigenvalue weighted by atomic mass is 10.2. The third-order valence-electron chi connectivity index (χ3n) is 4.70. The Bertz CT molecular complexity index is 950. The van der Waals surface area contributed by atoms with E-state index in [-0.39, 0.29) is 18.4 Å². The molecule has 28 heavy (non-hydrogen) atoms. The number of carbonyl (C=O) groups excluding carboxylic acids is 2. The molecule has 0 spiro atoms. The van der Waals surface area contributed by atoms with E-state index in [1.165, 1.54) is 0 Å². The lowest BCUT2D eigenvalue weighted by Crippen LogP contribution is -2.34. The highest BCUT2D eigenvalue weighted by atomic mass is 16.2. The van der Waals surface area contributed by atoms with Crippen LogP contribution in [0.15, 0.2) is 54.6 Å². The van der Waals surface area contributed by atoms with Gasteiger partial charge in [0, 0.05) is 31.6 Å². The van der Waals surface area contributed by atoms with Gasteiger partial charge in [-0.25, -0.2) is 4.98 Å². The van der Waals surface area contributed by atoms with Crippen LogP contribution in [0, 0.1) is 0 Å². The second kappa shape index (κ2) is 9.17. The van der Waals surface area contributed by atoms with E-state index in [2.05, 4.69) is 10.3 Å². The number of aromatic nitrogens is 2. The van der Waals surface area contributed by atoms with Crippen molar-refractivity contribution in [3.05, 3.63) is 60.4 Å². The van der Waals surface area contributed by atoms with Crippen LogP contribution in [0.1, 0.15) is 26.1 Å². The van der Waals surface area contributed by atoms with Crippen LogP contribution < -0.4 is 10.2 Å². The fourth-order valence-electron chi connectivity index (χ4n) is 3.26. The number of rotatable bonds is 8. The van der Waals surface area contributed by atoms with Crippen molar-refractivity contribution in [2.75, 3.05) is 18.0 Å². The number of fused-ring (bicyclic) bond motifs is 1. The quantitative estimate of drug-likeness (QED) is 0.655. The van der Waals surface area contributed by atoms with Gasteiger partial charge in [0.2, 0.25) is 11.8 Å². The zero-order valence-electron chi connectivity index (χ0n) is 16.4. The molecular formula is C22H26N4O2. The Labute approximate surface area is 165 Å². The van der Waals surface area contributed by atoms with Gasteiger partial charge in [-0.05, 0) is 31.2 Å². The van der Waals surface area contributed by atoms with Crippen molar-refractivity contribution >= 4 is 28.5 Å². The summed E-state index contributed by atoms with van der Waals surface area (Å²) in [7, 11) is 0. The Hall–Kier alpha value is -3.15. The van der Waals surface area contributed by atoms with E-state index in [4.69, 9.17) is 0 Å². The smallest absolute Gasteiger partial charge is 0.246 e. The predicted octanol–water partition coefficient (Wildman–Crippen LogP) is 3.16. The normalized spacial score (nSPS) is 10.8. The third-order valence-corrected chi connectivity index (χ3v) is 4.70. The second-order valence-electron chi connectivity index (χ2n) is 6.53. The zero-order chi connectivity index (χ0) is 19.9. The second-order valence-corrected chi connectivity index (χ2v) is 6.53. The first-order valence-corrected chi connectivity index (χ1v) is 9.70. The summed E-state index contributed by atoms with van der Waals surface area (Å²) in [4.78, 5) is 31.1. The highest BCUT2D eigenvalue weighted by Gasteiger charge is 2.18. The van der Waals surface area contributed by atoms with Crippen LogP contribution in [0.2, 0.25) is 0 Å². The van der Waals surface area contributed by atoms with Crippen LogP contribution in [-0.2, 0) is 22.6 Å².